The molecule has 0 saturated carbocycles. The van der Waals surface area contributed by atoms with Crippen molar-refractivity contribution in [3.8, 4) is 11.5 Å². The number of rotatable bonds is 8. The van der Waals surface area contributed by atoms with Crippen LogP contribution >= 0.6 is 46.6 Å². The van der Waals surface area contributed by atoms with Gasteiger partial charge in [0.15, 0.2) is 5.75 Å². The molecule has 0 N–H and O–H groups in total. The molecule has 1 saturated heterocycles. The van der Waals surface area contributed by atoms with Crippen LogP contribution in [-0.4, -0.2) is 29.2 Å². The largest absolute Gasteiger partial charge is 0.492 e. The Bertz CT molecular complexity index is 1250. The fourth-order valence-electron chi connectivity index (χ4n) is 3.27. The van der Waals surface area contributed by atoms with Crippen molar-refractivity contribution in [2.45, 2.75) is 13.5 Å². The van der Waals surface area contributed by atoms with Crippen molar-refractivity contribution in [1.29, 1.82) is 0 Å². The maximum absolute atomic E-state index is 12.8. The molecule has 0 spiro atoms. The van der Waals surface area contributed by atoms with Crippen LogP contribution in [0.25, 0.3) is 6.08 Å². The smallest absolute Gasteiger partial charge is 0.293 e. The molecule has 3 aromatic carbocycles. The highest BCUT2D eigenvalue weighted by Crippen LogP contribution is 2.37. The average molecular weight is 549 g/mol. The van der Waals surface area contributed by atoms with Crippen LogP contribution in [0.3, 0.4) is 0 Å². The number of carbonyl (C=O) groups is 2. The molecule has 1 aliphatic rings. The number of amides is 2. The van der Waals surface area contributed by atoms with Gasteiger partial charge in [-0.2, -0.15) is 0 Å². The summed E-state index contributed by atoms with van der Waals surface area (Å²) < 4.78 is 11.4. The molecular weight excluding hydrogens is 529 g/mol. The quantitative estimate of drug-likeness (QED) is 0.271. The summed E-state index contributed by atoms with van der Waals surface area (Å²) >= 11 is 19.6. The van der Waals surface area contributed by atoms with Crippen molar-refractivity contribution in [3.63, 3.8) is 0 Å². The number of hydrogen-bond acceptors (Lipinski definition) is 5. The molecular formula is C26H20Cl3NO4S. The molecule has 180 valence electrons. The normalized spacial score (nSPS) is 14.6. The second kappa shape index (κ2) is 11.4. The van der Waals surface area contributed by atoms with Gasteiger partial charge in [0.2, 0.25) is 0 Å². The van der Waals surface area contributed by atoms with Crippen LogP contribution in [0.2, 0.25) is 15.1 Å². The van der Waals surface area contributed by atoms with Crippen molar-refractivity contribution in [3.05, 3.63) is 97.3 Å². The molecule has 0 radical (unpaired) electrons. The monoisotopic (exact) mass is 547 g/mol. The van der Waals surface area contributed by atoms with Gasteiger partial charge in [-0.1, -0.05) is 64.6 Å². The van der Waals surface area contributed by atoms with Crippen LogP contribution in [-0.2, 0) is 11.4 Å². The SMILES string of the molecule is Cc1ccc(OCCN2C(=O)S/C(=C\c3cc(Cl)c(OCc4ccc(Cl)cc4)c(Cl)c3)C2=O)cc1. The standard InChI is InChI=1S/C26H20Cl3NO4S/c1-16-2-8-20(9-3-16)33-11-10-30-25(31)23(35-26(30)32)14-18-12-21(28)24(22(29)13-18)34-15-17-4-6-19(27)7-5-17/h2-9,12-14H,10-11,15H2,1H3/b23-14-. The minimum atomic E-state index is -0.386. The van der Waals surface area contributed by atoms with E-state index in [2.05, 4.69) is 0 Å². The van der Waals surface area contributed by atoms with Gasteiger partial charge < -0.3 is 9.47 Å². The van der Waals surface area contributed by atoms with Crippen molar-refractivity contribution in [1.82, 2.24) is 4.90 Å². The summed E-state index contributed by atoms with van der Waals surface area (Å²) in [6, 6.07) is 18.1. The number of aryl methyl sites for hydroxylation is 1. The number of benzene rings is 3. The highest BCUT2D eigenvalue weighted by molar-refractivity contribution is 8.18. The van der Waals surface area contributed by atoms with Crippen LogP contribution in [0.5, 0.6) is 11.5 Å². The van der Waals surface area contributed by atoms with Gasteiger partial charge in [-0.05, 0) is 72.3 Å². The summed E-state index contributed by atoms with van der Waals surface area (Å²) in [5, 5.41) is 0.873. The summed E-state index contributed by atoms with van der Waals surface area (Å²) in [6.45, 7) is 2.60. The van der Waals surface area contributed by atoms with Gasteiger partial charge in [-0.3, -0.25) is 14.5 Å². The van der Waals surface area contributed by atoms with Crippen molar-refractivity contribution in [2.24, 2.45) is 0 Å². The van der Waals surface area contributed by atoms with Gasteiger partial charge in [0.05, 0.1) is 21.5 Å². The molecule has 0 aromatic heterocycles. The second-order valence-electron chi connectivity index (χ2n) is 7.72. The molecule has 0 unspecified atom stereocenters. The molecule has 1 aliphatic heterocycles. The number of halogens is 3. The highest BCUT2D eigenvalue weighted by Gasteiger charge is 2.34. The van der Waals surface area contributed by atoms with Gasteiger partial charge in [-0.15, -0.1) is 0 Å². The van der Waals surface area contributed by atoms with E-state index in [-0.39, 0.29) is 35.8 Å². The number of ether oxygens (including phenoxy) is 2. The second-order valence-corrected chi connectivity index (χ2v) is 9.97. The molecule has 3 aromatic rings. The summed E-state index contributed by atoms with van der Waals surface area (Å²) in [6.07, 6.45) is 1.59. The van der Waals surface area contributed by atoms with E-state index in [0.717, 1.165) is 27.8 Å². The summed E-state index contributed by atoms with van der Waals surface area (Å²) in [5.41, 5.74) is 2.61. The molecule has 1 fully saturated rings. The number of nitrogens with zero attached hydrogens (tertiary/aromatic N) is 1. The van der Waals surface area contributed by atoms with Gasteiger partial charge in [0.25, 0.3) is 11.1 Å². The van der Waals surface area contributed by atoms with Crippen LogP contribution in [0.4, 0.5) is 4.79 Å². The first-order valence-electron chi connectivity index (χ1n) is 10.6. The minimum absolute atomic E-state index is 0.148. The third kappa shape index (κ3) is 6.53. The zero-order valence-electron chi connectivity index (χ0n) is 18.6. The van der Waals surface area contributed by atoms with Crippen molar-refractivity contribution >= 4 is 63.8 Å². The minimum Gasteiger partial charge on any atom is -0.492 e. The van der Waals surface area contributed by atoms with E-state index in [9.17, 15) is 9.59 Å². The predicted molar refractivity (Wildman–Crippen MR) is 142 cm³/mol. The molecule has 2 amide bonds. The molecule has 9 heteroatoms. The number of carbonyl (C=O) groups excluding carboxylic acids is 2. The lowest BCUT2D eigenvalue weighted by molar-refractivity contribution is -0.123. The van der Waals surface area contributed by atoms with E-state index in [4.69, 9.17) is 44.3 Å². The number of hydrogen-bond donors (Lipinski definition) is 0. The Hall–Kier alpha value is -2.64. The molecule has 0 atom stereocenters. The molecule has 0 aliphatic carbocycles. The first-order chi connectivity index (χ1) is 16.8. The average Bonchev–Trinajstić information content (AvgIpc) is 3.08. The predicted octanol–water partition coefficient (Wildman–Crippen LogP) is 7.65. The van der Waals surface area contributed by atoms with E-state index in [0.29, 0.717) is 32.1 Å². The van der Waals surface area contributed by atoms with E-state index < -0.39 is 0 Å². The Morgan fingerprint density at radius 1 is 0.914 bits per heavy atom. The molecule has 35 heavy (non-hydrogen) atoms. The van der Waals surface area contributed by atoms with E-state index in [1.165, 1.54) is 0 Å². The first kappa shape index (κ1) is 25.5. The van der Waals surface area contributed by atoms with Gasteiger partial charge in [-0.25, -0.2) is 0 Å². The lowest BCUT2D eigenvalue weighted by Crippen LogP contribution is -2.32. The van der Waals surface area contributed by atoms with Crippen LogP contribution in [0.1, 0.15) is 16.7 Å². The maximum Gasteiger partial charge on any atom is 0.293 e. The Labute approximate surface area is 222 Å². The first-order valence-corrected chi connectivity index (χ1v) is 12.6. The Kier molecular flexibility index (Phi) is 8.29. The molecule has 1 heterocycles. The molecule has 4 rings (SSSR count). The van der Waals surface area contributed by atoms with E-state index >= 15 is 0 Å². The Morgan fingerprint density at radius 3 is 2.23 bits per heavy atom. The van der Waals surface area contributed by atoms with Gasteiger partial charge >= 0.3 is 0 Å². The third-order valence-electron chi connectivity index (χ3n) is 5.09. The highest BCUT2D eigenvalue weighted by atomic mass is 35.5. The summed E-state index contributed by atoms with van der Waals surface area (Å²) in [7, 11) is 0. The zero-order valence-corrected chi connectivity index (χ0v) is 21.7. The summed E-state index contributed by atoms with van der Waals surface area (Å²) in [5.74, 6) is 0.630. The van der Waals surface area contributed by atoms with E-state index in [1.807, 2.05) is 43.3 Å². The van der Waals surface area contributed by atoms with Gasteiger partial charge in [0.1, 0.15) is 19.0 Å². The topological polar surface area (TPSA) is 55.8 Å². The lowest BCUT2D eigenvalue weighted by Gasteiger charge is -2.13. The Balaban J connectivity index is 1.40. The Morgan fingerprint density at radius 2 is 1.57 bits per heavy atom. The molecule has 0 bridgehead atoms. The lowest BCUT2D eigenvalue weighted by atomic mass is 10.2. The fraction of sp³-hybridized carbons (Fsp3) is 0.154. The van der Waals surface area contributed by atoms with E-state index in [1.54, 1.807) is 30.3 Å². The number of thioether (sulfide) groups is 1. The van der Waals surface area contributed by atoms with Crippen molar-refractivity contribution in [2.75, 3.05) is 13.2 Å². The van der Waals surface area contributed by atoms with Crippen molar-refractivity contribution < 1.29 is 19.1 Å². The zero-order chi connectivity index (χ0) is 24.9. The van der Waals surface area contributed by atoms with Crippen LogP contribution in [0.15, 0.2) is 65.6 Å². The van der Waals surface area contributed by atoms with Crippen LogP contribution < -0.4 is 9.47 Å². The maximum atomic E-state index is 12.8. The number of imide groups is 1. The summed E-state index contributed by atoms with van der Waals surface area (Å²) in [4.78, 5) is 26.6. The molecule has 5 nitrogen and oxygen atoms in total. The third-order valence-corrected chi connectivity index (χ3v) is 6.81. The fourth-order valence-corrected chi connectivity index (χ4v) is 4.87. The van der Waals surface area contributed by atoms with Crippen LogP contribution in [0, 0.1) is 6.92 Å². The van der Waals surface area contributed by atoms with Gasteiger partial charge in [0, 0.05) is 5.02 Å².